The first-order chi connectivity index (χ1) is 6.16. The van der Waals surface area contributed by atoms with Crippen LogP contribution in [0.25, 0.3) is 0 Å². The number of thiol groups is 1. The summed E-state index contributed by atoms with van der Waals surface area (Å²) in [4.78, 5) is 10.8. The third kappa shape index (κ3) is 2.48. The first-order valence-electron chi connectivity index (χ1n) is 3.75. The average Bonchev–Trinajstić information content (AvgIpc) is 2.09. The molecule has 1 aromatic carbocycles. The normalized spacial score (nSPS) is 12.5. The highest BCUT2D eigenvalue weighted by Crippen LogP contribution is 2.25. The highest BCUT2D eigenvalue weighted by Gasteiger charge is 2.19. The summed E-state index contributed by atoms with van der Waals surface area (Å²) in [6, 6.07) is 7.29. The Morgan fingerprint density at radius 3 is 2.62 bits per heavy atom. The quantitative estimate of drug-likeness (QED) is 0.820. The maximum atomic E-state index is 10.8. The molecule has 1 atom stereocenters. The van der Waals surface area contributed by atoms with Crippen molar-refractivity contribution in [3.63, 3.8) is 0 Å². The van der Waals surface area contributed by atoms with Gasteiger partial charge in [-0.15, -0.1) is 0 Å². The van der Waals surface area contributed by atoms with Gasteiger partial charge in [0.1, 0.15) is 0 Å². The van der Waals surface area contributed by atoms with Crippen LogP contribution in [-0.4, -0.2) is 16.8 Å². The Hall–Kier alpha value is -0.480. The van der Waals surface area contributed by atoms with Gasteiger partial charge in [0.15, 0.2) is 0 Å². The molecule has 4 heteroatoms. The number of carbonyl (C=O) groups is 1. The molecule has 2 nitrogen and oxygen atoms in total. The molecule has 0 saturated heterocycles. The van der Waals surface area contributed by atoms with Crippen molar-refractivity contribution in [2.75, 3.05) is 5.75 Å². The zero-order valence-corrected chi connectivity index (χ0v) is 9.25. The molecular formula is C9H9BrO2S. The summed E-state index contributed by atoms with van der Waals surface area (Å²) in [5.74, 6) is -1.08. The summed E-state index contributed by atoms with van der Waals surface area (Å²) >= 11 is 7.32. The summed E-state index contributed by atoms with van der Waals surface area (Å²) < 4.78 is 0.816. The summed E-state index contributed by atoms with van der Waals surface area (Å²) in [6.07, 6.45) is 0. The van der Waals surface area contributed by atoms with Crippen LogP contribution in [0.4, 0.5) is 0 Å². The van der Waals surface area contributed by atoms with Crippen LogP contribution in [0.3, 0.4) is 0 Å². The molecule has 0 radical (unpaired) electrons. The molecule has 1 aromatic rings. The molecule has 70 valence electrons. The molecule has 0 amide bonds. The molecular weight excluding hydrogens is 252 g/mol. The van der Waals surface area contributed by atoms with Gasteiger partial charge in [-0.2, -0.15) is 12.6 Å². The van der Waals surface area contributed by atoms with Gasteiger partial charge in [0.25, 0.3) is 0 Å². The van der Waals surface area contributed by atoms with Gasteiger partial charge in [0.2, 0.25) is 0 Å². The average molecular weight is 261 g/mol. The van der Waals surface area contributed by atoms with Crippen molar-refractivity contribution < 1.29 is 9.90 Å². The van der Waals surface area contributed by atoms with Gasteiger partial charge in [0.05, 0.1) is 5.92 Å². The van der Waals surface area contributed by atoms with E-state index in [1.165, 1.54) is 0 Å². The Kier molecular flexibility index (Phi) is 3.81. The van der Waals surface area contributed by atoms with E-state index in [9.17, 15) is 4.79 Å². The minimum Gasteiger partial charge on any atom is -0.481 e. The summed E-state index contributed by atoms with van der Waals surface area (Å²) in [7, 11) is 0. The fraction of sp³-hybridized carbons (Fsp3) is 0.222. The van der Waals surface area contributed by atoms with Crippen LogP contribution < -0.4 is 0 Å². The van der Waals surface area contributed by atoms with E-state index < -0.39 is 11.9 Å². The number of benzene rings is 1. The van der Waals surface area contributed by atoms with Gasteiger partial charge in [-0.3, -0.25) is 4.79 Å². The number of carboxylic acid groups (broad SMARTS) is 1. The molecule has 0 fully saturated rings. The fourth-order valence-electron chi connectivity index (χ4n) is 1.07. The first kappa shape index (κ1) is 10.6. The lowest BCUT2D eigenvalue weighted by Crippen LogP contribution is -2.13. The molecule has 1 N–H and O–H groups in total. The SMILES string of the molecule is O=C(O)C(CS)c1ccccc1Br. The fourth-order valence-corrected chi connectivity index (χ4v) is 1.98. The van der Waals surface area contributed by atoms with E-state index in [1.54, 1.807) is 6.07 Å². The third-order valence-electron chi connectivity index (χ3n) is 1.76. The second-order valence-corrected chi connectivity index (χ2v) is 3.81. The van der Waals surface area contributed by atoms with E-state index in [2.05, 4.69) is 28.6 Å². The van der Waals surface area contributed by atoms with E-state index >= 15 is 0 Å². The van der Waals surface area contributed by atoms with Crippen molar-refractivity contribution in [2.24, 2.45) is 0 Å². The third-order valence-corrected chi connectivity index (χ3v) is 2.85. The van der Waals surface area contributed by atoms with E-state index in [-0.39, 0.29) is 0 Å². The van der Waals surface area contributed by atoms with Crippen molar-refractivity contribution in [2.45, 2.75) is 5.92 Å². The van der Waals surface area contributed by atoms with Crippen molar-refractivity contribution in [3.8, 4) is 0 Å². The topological polar surface area (TPSA) is 37.3 Å². The number of carboxylic acids is 1. The van der Waals surface area contributed by atoms with Crippen LogP contribution >= 0.6 is 28.6 Å². The summed E-state index contributed by atoms with van der Waals surface area (Å²) in [5.41, 5.74) is 0.769. The second-order valence-electron chi connectivity index (χ2n) is 2.59. The van der Waals surface area contributed by atoms with Gasteiger partial charge in [-0.25, -0.2) is 0 Å². The lowest BCUT2D eigenvalue weighted by molar-refractivity contribution is -0.138. The second kappa shape index (κ2) is 4.67. The van der Waals surface area contributed by atoms with E-state index in [4.69, 9.17) is 5.11 Å². The maximum Gasteiger partial charge on any atom is 0.311 e. The Morgan fingerprint density at radius 1 is 1.54 bits per heavy atom. The zero-order valence-electron chi connectivity index (χ0n) is 6.77. The molecule has 0 aliphatic heterocycles. The standard InChI is InChI=1S/C9H9BrO2S/c10-8-4-2-1-3-6(8)7(5-13)9(11)12/h1-4,7,13H,5H2,(H,11,12). The van der Waals surface area contributed by atoms with Gasteiger partial charge in [-0.1, -0.05) is 34.1 Å². The Morgan fingerprint density at radius 2 is 2.15 bits per heavy atom. The van der Waals surface area contributed by atoms with Gasteiger partial charge in [-0.05, 0) is 11.6 Å². The van der Waals surface area contributed by atoms with Crippen LogP contribution in [0, 0.1) is 0 Å². The molecule has 0 heterocycles. The number of hydrogen-bond acceptors (Lipinski definition) is 2. The van der Waals surface area contributed by atoms with Crippen molar-refractivity contribution in [3.05, 3.63) is 34.3 Å². The Balaban J connectivity index is 3.04. The molecule has 0 saturated carbocycles. The zero-order chi connectivity index (χ0) is 9.84. The highest BCUT2D eigenvalue weighted by molar-refractivity contribution is 9.10. The lowest BCUT2D eigenvalue weighted by atomic mass is 10.0. The van der Waals surface area contributed by atoms with Crippen LogP contribution in [0.15, 0.2) is 28.7 Å². The van der Waals surface area contributed by atoms with Crippen LogP contribution in [0.5, 0.6) is 0 Å². The van der Waals surface area contributed by atoms with Gasteiger partial charge < -0.3 is 5.11 Å². The number of hydrogen-bond donors (Lipinski definition) is 2. The molecule has 0 spiro atoms. The summed E-state index contributed by atoms with van der Waals surface area (Å²) in [6.45, 7) is 0. The molecule has 1 rings (SSSR count). The number of rotatable bonds is 3. The maximum absolute atomic E-state index is 10.8. The minimum atomic E-state index is -0.845. The van der Waals surface area contributed by atoms with Crippen LogP contribution in [0.2, 0.25) is 0 Å². The van der Waals surface area contributed by atoms with Gasteiger partial charge in [0, 0.05) is 10.2 Å². The van der Waals surface area contributed by atoms with Crippen molar-refractivity contribution in [1.82, 2.24) is 0 Å². The van der Waals surface area contributed by atoms with Crippen molar-refractivity contribution >= 4 is 34.5 Å². The largest absolute Gasteiger partial charge is 0.481 e. The summed E-state index contributed by atoms with van der Waals surface area (Å²) in [5, 5.41) is 8.88. The van der Waals surface area contributed by atoms with E-state index in [0.717, 1.165) is 10.0 Å². The molecule has 0 bridgehead atoms. The molecule has 0 aromatic heterocycles. The van der Waals surface area contributed by atoms with E-state index in [0.29, 0.717) is 5.75 Å². The number of aliphatic carboxylic acids is 1. The molecule has 0 aliphatic rings. The first-order valence-corrected chi connectivity index (χ1v) is 5.17. The minimum absolute atomic E-state index is 0.304. The Labute approximate surface area is 90.5 Å². The smallest absolute Gasteiger partial charge is 0.311 e. The number of halogens is 1. The molecule has 1 unspecified atom stereocenters. The van der Waals surface area contributed by atoms with Crippen LogP contribution in [0.1, 0.15) is 11.5 Å². The van der Waals surface area contributed by atoms with E-state index in [1.807, 2.05) is 18.2 Å². The van der Waals surface area contributed by atoms with Crippen molar-refractivity contribution in [1.29, 1.82) is 0 Å². The molecule has 13 heavy (non-hydrogen) atoms. The Bertz CT molecular complexity index is 314. The predicted octanol–water partition coefficient (Wildman–Crippen LogP) is 2.55. The van der Waals surface area contributed by atoms with Gasteiger partial charge >= 0.3 is 5.97 Å². The molecule has 0 aliphatic carbocycles. The highest BCUT2D eigenvalue weighted by atomic mass is 79.9. The predicted molar refractivity (Wildman–Crippen MR) is 58.4 cm³/mol. The monoisotopic (exact) mass is 260 g/mol. The van der Waals surface area contributed by atoms with Crippen LogP contribution in [-0.2, 0) is 4.79 Å². The lowest BCUT2D eigenvalue weighted by Gasteiger charge is -2.10.